The SMILES string of the molecule is Cc1cc(C#CC#N)c(F)cc1F. The summed E-state index contributed by atoms with van der Waals surface area (Å²) in [5.74, 6) is 2.97. The van der Waals surface area contributed by atoms with Crippen molar-refractivity contribution in [2.45, 2.75) is 6.92 Å². The number of nitrogens with zero attached hydrogens (tertiary/aromatic N) is 1. The van der Waals surface area contributed by atoms with Crippen molar-refractivity contribution in [1.29, 1.82) is 5.26 Å². The molecule has 0 aliphatic heterocycles. The Labute approximate surface area is 74.6 Å². The summed E-state index contributed by atoms with van der Waals surface area (Å²) in [6.07, 6.45) is 0. The van der Waals surface area contributed by atoms with E-state index in [9.17, 15) is 8.78 Å². The molecule has 1 aromatic carbocycles. The summed E-state index contributed by atoms with van der Waals surface area (Å²) in [7, 11) is 0. The van der Waals surface area contributed by atoms with Gasteiger partial charge in [0.25, 0.3) is 0 Å². The number of hydrogen-bond acceptors (Lipinski definition) is 1. The minimum absolute atomic E-state index is 0.0421. The van der Waals surface area contributed by atoms with Crippen LogP contribution < -0.4 is 0 Å². The van der Waals surface area contributed by atoms with Gasteiger partial charge in [-0.1, -0.05) is 0 Å². The van der Waals surface area contributed by atoms with E-state index >= 15 is 0 Å². The van der Waals surface area contributed by atoms with Gasteiger partial charge >= 0.3 is 0 Å². The van der Waals surface area contributed by atoms with Gasteiger partial charge in [-0.05, 0) is 24.5 Å². The van der Waals surface area contributed by atoms with E-state index < -0.39 is 11.6 Å². The van der Waals surface area contributed by atoms with Gasteiger partial charge in [0.15, 0.2) is 6.07 Å². The van der Waals surface area contributed by atoms with E-state index in [-0.39, 0.29) is 5.56 Å². The van der Waals surface area contributed by atoms with E-state index in [0.717, 1.165) is 6.07 Å². The summed E-state index contributed by atoms with van der Waals surface area (Å²) < 4.78 is 25.6. The summed E-state index contributed by atoms with van der Waals surface area (Å²) in [5.41, 5.74) is 0.351. The van der Waals surface area contributed by atoms with Crippen molar-refractivity contribution >= 4 is 0 Å². The minimum atomic E-state index is -0.745. The average Bonchev–Trinajstić information content (AvgIpc) is 2.09. The minimum Gasteiger partial charge on any atom is -0.207 e. The van der Waals surface area contributed by atoms with Crippen molar-refractivity contribution in [2.75, 3.05) is 0 Å². The Kier molecular flexibility index (Phi) is 2.62. The molecule has 0 saturated carbocycles. The molecule has 1 aromatic rings. The molecule has 3 heteroatoms. The van der Waals surface area contributed by atoms with Gasteiger partial charge in [-0.2, -0.15) is 5.26 Å². The third-order valence-corrected chi connectivity index (χ3v) is 1.50. The van der Waals surface area contributed by atoms with E-state index in [2.05, 4.69) is 5.92 Å². The standard InChI is InChI=1S/C10H5F2N/c1-7-5-8(3-2-4-13)10(12)6-9(7)11/h5-6H,1H3. The van der Waals surface area contributed by atoms with Crippen molar-refractivity contribution in [3.05, 3.63) is 34.9 Å². The topological polar surface area (TPSA) is 23.8 Å². The molecular weight excluding hydrogens is 172 g/mol. The van der Waals surface area contributed by atoms with Crippen LogP contribution in [0, 0.1) is 41.7 Å². The number of nitriles is 1. The van der Waals surface area contributed by atoms with Crippen LogP contribution in [0.5, 0.6) is 0 Å². The van der Waals surface area contributed by atoms with Gasteiger partial charge in [-0.15, -0.1) is 0 Å². The molecule has 0 bridgehead atoms. The molecule has 0 unspecified atom stereocenters. The molecule has 0 fully saturated rings. The molecule has 0 N–H and O–H groups in total. The van der Waals surface area contributed by atoms with Crippen molar-refractivity contribution in [2.24, 2.45) is 0 Å². The highest BCUT2D eigenvalue weighted by Crippen LogP contribution is 2.12. The number of benzene rings is 1. The van der Waals surface area contributed by atoms with E-state index in [1.165, 1.54) is 13.0 Å². The maximum absolute atomic E-state index is 12.9. The van der Waals surface area contributed by atoms with Gasteiger partial charge in [0.2, 0.25) is 0 Å². The molecular formula is C10H5F2N. The van der Waals surface area contributed by atoms with E-state index in [1.54, 1.807) is 6.07 Å². The Balaban J connectivity index is 3.25. The van der Waals surface area contributed by atoms with Crippen LogP contribution in [0.25, 0.3) is 0 Å². The summed E-state index contributed by atoms with van der Waals surface area (Å²) in [4.78, 5) is 0. The van der Waals surface area contributed by atoms with Gasteiger partial charge in [0.1, 0.15) is 11.6 Å². The summed E-state index contributed by atoms with van der Waals surface area (Å²) in [5, 5.41) is 8.12. The van der Waals surface area contributed by atoms with Crippen LogP contribution in [0.2, 0.25) is 0 Å². The van der Waals surface area contributed by atoms with Gasteiger partial charge in [0, 0.05) is 12.0 Å². The lowest BCUT2D eigenvalue weighted by Crippen LogP contribution is -1.89. The third kappa shape index (κ3) is 2.04. The van der Waals surface area contributed by atoms with Crippen molar-refractivity contribution in [3.63, 3.8) is 0 Å². The molecule has 64 valence electrons. The molecule has 0 heterocycles. The Morgan fingerprint density at radius 2 is 1.92 bits per heavy atom. The zero-order valence-corrected chi connectivity index (χ0v) is 6.86. The molecule has 0 aliphatic carbocycles. The lowest BCUT2D eigenvalue weighted by Gasteiger charge is -1.98. The summed E-state index contributed by atoms with van der Waals surface area (Å²) >= 11 is 0. The second kappa shape index (κ2) is 3.69. The van der Waals surface area contributed by atoms with E-state index in [4.69, 9.17) is 5.26 Å². The third-order valence-electron chi connectivity index (χ3n) is 1.50. The van der Waals surface area contributed by atoms with Crippen LogP contribution in [-0.4, -0.2) is 0 Å². The molecule has 0 saturated heterocycles. The largest absolute Gasteiger partial charge is 0.207 e. The number of rotatable bonds is 0. The zero-order chi connectivity index (χ0) is 9.84. The second-order valence-corrected chi connectivity index (χ2v) is 2.44. The number of aryl methyl sites for hydroxylation is 1. The first-order chi connectivity index (χ1) is 6.15. The van der Waals surface area contributed by atoms with Crippen LogP contribution in [0.4, 0.5) is 8.78 Å². The average molecular weight is 177 g/mol. The first-order valence-corrected chi connectivity index (χ1v) is 3.51. The fourth-order valence-corrected chi connectivity index (χ4v) is 0.848. The molecule has 0 aromatic heterocycles. The molecule has 0 spiro atoms. The lowest BCUT2D eigenvalue weighted by molar-refractivity contribution is 0.575. The van der Waals surface area contributed by atoms with Crippen LogP contribution in [-0.2, 0) is 0 Å². The normalized spacial score (nSPS) is 8.46. The Morgan fingerprint density at radius 3 is 2.54 bits per heavy atom. The van der Waals surface area contributed by atoms with Gasteiger partial charge in [-0.25, -0.2) is 8.78 Å². The van der Waals surface area contributed by atoms with Gasteiger partial charge < -0.3 is 0 Å². The van der Waals surface area contributed by atoms with Gasteiger partial charge in [0.05, 0.1) is 5.56 Å². The molecule has 0 amide bonds. The highest BCUT2D eigenvalue weighted by atomic mass is 19.1. The molecule has 1 rings (SSSR count). The molecule has 13 heavy (non-hydrogen) atoms. The Morgan fingerprint density at radius 1 is 1.23 bits per heavy atom. The second-order valence-electron chi connectivity index (χ2n) is 2.44. The van der Waals surface area contributed by atoms with Crippen LogP contribution in [0.15, 0.2) is 12.1 Å². The van der Waals surface area contributed by atoms with E-state index in [0.29, 0.717) is 5.56 Å². The van der Waals surface area contributed by atoms with Crippen LogP contribution in [0.1, 0.15) is 11.1 Å². The molecule has 1 nitrogen and oxygen atoms in total. The predicted octanol–water partition coefficient (Wildman–Crippen LogP) is 2.15. The maximum atomic E-state index is 12.9. The van der Waals surface area contributed by atoms with Crippen molar-refractivity contribution in [3.8, 4) is 17.9 Å². The maximum Gasteiger partial charge on any atom is 0.152 e. The van der Waals surface area contributed by atoms with Crippen molar-refractivity contribution in [1.82, 2.24) is 0 Å². The fraction of sp³-hybridized carbons (Fsp3) is 0.100. The molecule has 0 atom stereocenters. The summed E-state index contributed by atoms with van der Waals surface area (Å²) in [6, 6.07) is 3.59. The van der Waals surface area contributed by atoms with Crippen LogP contribution in [0.3, 0.4) is 0 Å². The van der Waals surface area contributed by atoms with Crippen LogP contribution >= 0.6 is 0 Å². The van der Waals surface area contributed by atoms with E-state index in [1.807, 2.05) is 5.92 Å². The number of halogens is 2. The quantitative estimate of drug-likeness (QED) is 0.557. The first-order valence-electron chi connectivity index (χ1n) is 3.51. The fourth-order valence-electron chi connectivity index (χ4n) is 0.848. The predicted molar refractivity (Wildman–Crippen MR) is 43.6 cm³/mol. The Hall–Kier alpha value is -1.87. The monoisotopic (exact) mass is 177 g/mol. The van der Waals surface area contributed by atoms with Gasteiger partial charge in [-0.3, -0.25) is 0 Å². The van der Waals surface area contributed by atoms with Crippen molar-refractivity contribution < 1.29 is 8.78 Å². The molecule has 0 radical (unpaired) electrons. The smallest absolute Gasteiger partial charge is 0.152 e. The zero-order valence-electron chi connectivity index (χ0n) is 6.86. The Bertz CT molecular complexity index is 433. The highest BCUT2D eigenvalue weighted by Gasteiger charge is 2.04. The first kappa shape index (κ1) is 9.22. The number of hydrogen-bond donors (Lipinski definition) is 0. The molecule has 0 aliphatic rings. The summed E-state index contributed by atoms with van der Waals surface area (Å²) in [6.45, 7) is 1.51. The lowest BCUT2D eigenvalue weighted by atomic mass is 10.1. The highest BCUT2D eigenvalue weighted by molar-refractivity contribution is 5.41.